The molecule has 2 nitrogen and oxygen atoms in total. The molecule has 13 heavy (non-hydrogen) atoms. The van der Waals surface area contributed by atoms with Crippen LogP contribution in [0.25, 0.3) is 10.9 Å². The maximum atomic E-state index is 4.14. The van der Waals surface area contributed by atoms with Gasteiger partial charge in [0, 0.05) is 26.1 Å². The summed E-state index contributed by atoms with van der Waals surface area (Å²) in [6, 6.07) is 8.08. The van der Waals surface area contributed by atoms with Crippen LogP contribution in [0.1, 0.15) is 25.5 Å². The van der Waals surface area contributed by atoms with E-state index in [9.17, 15) is 0 Å². The van der Waals surface area contributed by atoms with Gasteiger partial charge in [-0.05, 0) is 11.3 Å². The molecular formula is C10H11N2Re-. The minimum Gasteiger partial charge on any atom is -0.575 e. The molecular weight excluding hydrogens is 334 g/mol. The van der Waals surface area contributed by atoms with Gasteiger partial charge in [0.1, 0.15) is 0 Å². The summed E-state index contributed by atoms with van der Waals surface area (Å²) in [4.78, 5) is 0. The molecule has 0 unspecified atom stereocenters. The second kappa shape index (κ2) is 4.04. The summed E-state index contributed by atoms with van der Waals surface area (Å²) in [7, 11) is 0. The van der Waals surface area contributed by atoms with E-state index in [1.165, 1.54) is 5.39 Å². The van der Waals surface area contributed by atoms with Crippen LogP contribution in [-0.4, -0.2) is 5.10 Å². The predicted octanol–water partition coefficient (Wildman–Crippen LogP) is 2.31. The molecule has 1 aromatic carbocycles. The number of fused-ring (bicyclic) bond motifs is 1. The fourth-order valence-corrected chi connectivity index (χ4v) is 1.37. The monoisotopic (exact) mass is 346 g/mol. The van der Waals surface area contributed by atoms with Crippen molar-refractivity contribution < 1.29 is 20.4 Å². The van der Waals surface area contributed by atoms with Crippen molar-refractivity contribution in [1.82, 2.24) is 10.2 Å². The first-order valence-corrected chi connectivity index (χ1v) is 4.17. The smallest absolute Gasteiger partial charge is 0.0265 e. The summed E-state index contributed by atoms with van der Waals surface area (Å²) in [5.41, 5.74) is 2.10. The third-order valence-electron chi connectivity index (χ3n) is 1.99. The van der Waals surface area contributed by atoms with E-state index in [-0.39, 0.29) is 20.4 Å². The molecule has 0 aliphatic rings. The second-order valence-corrected chi connectivity index (χ2v) is 3.26. The normalized spacial score (nSPS) is 10.4. The number of aromatic nitrogens is 2. The van der Waals surface area contributed by atoms with Crippen molar-refractivity contribution in [3.8, 4) is 0 Å². The summed E-state index contributed by atoms with van der Waals surface area (Å²) in [6.07, 6.45) is 0. The molecule has 1 heterocycles. The van der Waals surface area contributed by atoms with Crippen LogP contribution in [0, 0.1) is 0 Å². The van der Waals surface area contributed by atoms with Crippen molar-refractivity contribution in [2.24, 2.45) is 0 Å². The first-order chi connectivity index (χ1) is 5.79. The van der Waals surface area contributed by atoms with Crippen molar-refractivity contribution in [3.05, 3.63) is 30.0 Å². The summed E-state index contributed by atoms with van der Waals surface area (Å²) in [5.74, 6) is 0.456. The van der Waals surface area contributed by atoms with Gasteiger partial charge in [0.2, 0.25) is 0 Å². The summed E-state index contributed by atoms with van der Waals surface area (Å²) in [6.45, 7) is 4.27. The molecule has 0 atom stereocenters. The molecule has 0 saturated heterocycles. The van der Waals surface area contributed by atoms with E-state index in [0.29, 0.717) is 5.92 Å². The van der Waals surface area contributed by atoms with Gasteiger partial charge < -0.3 is 10.2 Å². The zero-order valence-electron chi connectivity index (χ0n) is 7.66. The van der Waals surface area contributed by atoms with Gasteiger partial charge in [-0.25, -0.2) is 0 Å². The van der Waals surface area contributed by atoms with Gasteiger partial charge in [-0.3, -0.25) is 0 Å². The molecule has 0 aliphatic carbocycles. The van der Waals surface area contributed by atoms with Gasteiger partial charge in [-0.1, -0.05) is 38.1 Å². The Kier molecular flexibility index (Phi) is 3.24. The van der Waals surface area contributed by atoms with Crippen LogP contribution in [0.5, 0.6) is 0 Å². The minimum absolute atomic E-state index is 0. The van der Waals surface area contributed by atoms with Gasteiger partial charge in [0.25, 0.3) is 0 Å². The first kappa shape index (κ1) is 10.4. The Balaban J connectivity index is 0.000000845. The van der Waals surface area contributed by atoms with Crippen molar-refractivity contribution >= 4 is 10.9 Å². The van der Waals surface area contributed by atoms with Crippen LogP contribution in [0.3, 0.4) is 0 Å². The SMILES string of the molecule is CC(C)c1n[n-]c2ccccc12.[Re]. The van der Waals surface area contributed by atoms with Crippen molar-refractivity contribution in [2.45, 2.75) is 19.8 Å². The van der Waals surface area contributed by atoms with E-state index in [0.717, 1.165) is 11.2 Å². The van der Waals surface area contributed by atoms with Gasteiger partial charge >= 0.3 is 0 Å². The number of rotatable bonds is 1. The van der Waals surface area contributed by atoms with Crippen molar-refractivity contribution in [1.29, 1.82) is 0 Å². The van der Waals surface area contributed by atoms with Crippen LogP contribution < -0.4 is 5.10 Å². The predicted molar refractivity (Wildman–Crippen MR) is 49.2 cm³/mol. The Morgan fingerprint density at radius 3 is 2.62 bits per heavy atom. The quantitative estimate of drug-likeness (QED) is 0.793. The number of hydrogen-bond donors (Lipinski definition) is 0. The minimum atomic E-state index is 0. The molecule has 0 spiro atoms. The second-order valence-electron chi connectivity index (χ2n) is 3.26. The Morgan fingerprint density at radius 1 is 1.23 bits per heavy atom. The molecule has 0 N–H and O–H groups in total. The van der Waals surface area contributed by atoms with Gasteiger partial charge in [-0.2, -0.15) is 0 Å². The van der Waals surface area contributed by atoms with Crippen LogP contribution in [0.4, 0.5) is 0 Å². The van der Waals surface area contributed by atoms with Crippen LogP contribution in [0.15, 0.2) is 24.3 Å². The molecule has 3 heteroatoms. The summed E-state index contributed by atoms with van der Waals surface area (Å²) < 4.78 is 0. The fraction of sp³-hybridized carbons (Fsp3) is 0.300. The molecule has 69 valence electrons. The summed E-state index contributed by atoms with van der Waals surface area (Å²) >= 11 is 0. The molecule has 2 aromatic rings. The topological polar surface area (TPSA) is 27.0 Å². The fourth-order valence-electron chi connectivity index (χ4n) is 1.37. The molecule has 0 fully saturated rings. The molecule has 0 amide bonds. The maximum absolute atomic E-state index is 4.14. The third kappa shape index (κ3) is 1.82. The number of benzene rings is 1. The van der Waals surface area contributed by atoms with E-state index in [2.05, 4.69) is 30.1 Å². The summed E-state index contributed by atoms with van der Waals surface area (Å²) in [5, 5.41) is 9.42. The Labute approximate surface area is 91.4 Å². The van der Waals surface area contributed by atoms with Crippen LogP contribution >= 0.6 is 0 Å². The van der Waals surface area contributed by atoms with E-state index in [1.54, 1.807) is 0 Å². The van der Waals surface area contributed by atoms with E-state index in [1.807, 2.05) is 18.2 Å². The molecule has 2 rings (SSSR count). The molecule has 1 aromatic heterocycles. The molecule has 0 saturated carbocycles. The van der Waals surface area contributed by atoms with Crippen molar-refractivity contribution in [3.63, 3.8) is 0 Å². The maximum Gasteiger partial charge on any atom is 0.0265 e. The van der Waals surface area contributed by atoms with E-state index in [4.69, 9.17) is 0 Å². The number of nitrogens with zero attached hydrogens (tertiary/aromatic N) is 2. The average Bonchev–Trinajstić information content (AvgIpc) is 2.47. The van der Waals surface area contributed by atoms with Gasteiger partial charge in [0.05, 0.1) is 0 Å². The van der Waals surface area contributed by atoms with Crippen LogP contribution in [-0.2, 0) is 20.4 Å². The molecule has 0 bridgehead atoms. The Hall–Kier alpha value is -0.648. The zero-order valence-corrected chi connectivity index (χ0v) is 10.4. The van der Waals surface area contributed by atoms with E-state index < -0.39 is 0 Å². The first-order valence-electron chi connectivity index (χ1n) is 4.17. The van der Waals surface area contributed by atoms with Crippen molar-refractivity contribution in [2.75, 3.05) is 0 Å². The largest absolute Gasteiger partial charge is 0.575 e. The average molecular weight is 345 g/mol. The van der Waals surface area contributed by atoms with Gasteiger partial charge in [0.15, 0.2) is 0 Å². The van der Waals surface area contributed by atoms with Gasteiger partial charge in [-0.15, -0.1) is 5.52 Å². The molecule has 0 aliphatic heterocycles. The Bertz CT molecular complexity index is 392. The molecule has 1 radical (unpaired) electrons. The zero-order chi connectivity index (χ0) is 8.55. The number of hydrogen-bond acceptors (Lipinski definition) is 1. The van der Waals surface area contributed by atoms with Crippen LogP contribution in [0.2, 0.25) is 0 Å². The Morgan fingerprint density at radius 2 is 1.92 bits per heavy atom. The standard InChI is InChI=1S/C10H11N2.Re/c1-7(2)10-8-5-3-4-6-9(8)11-12-10;/h3-7H,1-2H3;/q-1;. The van der Waals surface area contributed by atoms with E-state index >= 15 is 0 Å². The third-order valence-corrected chi connectivity index (χ3v) is 1.99.